The number of carboxylic acids is 2. The molecule has 3 rings (SSSR count). The second-order valence-electron chi connectivity index (χ2n) is 6.01. The van der Waals surface area contributed by atoms with Crippen LogP contribution in [-0.4, -0.2) is 75.1 Å². The number of H-pyrrole nitrogens is 1. The molecule has 0 saturated carbocycles. The van der Waals surface area contributed by atoms with Gasteiger partial charge in [-0.1, -0.05) is 41.0 Å². The Balaban J connectivity index is 0.000000438. The van der Waals surface area contributed by atoms with Crippen molar-refractivity contribution >= 4 is 46.9 Å². The molecule has 0 spiro atoms. The van der Waals surface area contributed by atoms with Crippen molar-refractivity contribution in [3.63, 3.8) is 0 Å². The first-order valence-electron chi connectivity index (χ1n) is 8.53. The van der Waals surface area contributed by atoms with Gasteiger partial charge in [-0.3, -0.25) is 10.00 Å². The molecule has 1 unspecified atom stereocenters. The third-order valence-electron chi connectivity index (χ3n) is 3.85. The number of benzene rings is 1. The van der Waals surface area contributed by atoms with Gasteiger partial charge in [0.1, 0.15) is 5.82 Å². The summed E-state index contributed by atoms with van der Waals surface area (Å²) >= 11 is 13.9. The molecule has 0 aliphatic carbocycles. The maximum atomic E-state index is 9.10. The summed E-state index contributed by atoms with van der Waals surface area (Å²) in [6.45, 7) is 6.21. The standard InChI is InChI=1S/C15H18Cl2N4OS.C2H2O4/c1-10-18-15(20-19-10)23-14(9-21-4-6-22-7-5-21)11-2-3-12(16)13(17)8-11;3-1(4)2(5)6/h2-3,8,14H,4-7,9H2,1H3,(H,18,19,20);(H,3,4)(H,5,6). The molecule has 1 aliphatic heterocycles. The van der Waals surface area contributed by atoms with Crippen molar-refractivity contribution in [2.45, 2.75) is 17.3 Å². The molecule has 1 saturated heterocycles. The molecule has 1 aliphatic rings. The van der Waals surface area contributed by atoms with E-state index in [1.807, 2.05) is 25.1 Å². The zero-order valence-electron chi connectivity index (χ0n) is 15.5. The van der Waals surface area contributed by atoms with Crippen LogP contribution in [-0.2, 0) is 14.3 Å². The van der Waals surface area contributed by atoms with Crippen molar-refractivity contribution < 1.29 is 24.5 Å². The number of hydrogen-bond acceptors (Lipinski definition) is 7. The molecule has 158 valence electrons. The van der Waals surface area contributed by atoms with Crippen LogP contribution in [0.5, 0.6) is 0 Å². The number of nitrogens with one attached hydrogen (secondary N) is 1. The van der Waals surface area contributed by atoms with Crippen molar-refractivity contribution in [2.75, 3.05) is 32.8 Å². The number of aromatic nitrogens is 3. The Morgan fingerprint density at radius 2 is 1.90 bits per heavy atom. The van der Waals surface area contributed by atoms with Gasteiger partial charge in [0.05, 0.1) is 28.5 Å². The van der Waals surface area contributed by atoms with Crippen LogP contribution in [0.1, 0.15) is 16.6 Å². The lowest BCUT2D eigenvalue weighted by Crippen LogP contribution is -2.38. The van der Waals surface area contributed by atoms with E-state index in [9.17, 15) is 0 Å². The van der Waals surface area contributed by atoms with Crippen LogP contribution in [0.3, 0.4) is 0 Å². The fraction of sp³-hybridized carbons (Fsp3) is 0.412. The van der Waals surface area contributed by atoms with E-state index in [1.54, 1.807) is 11.8 Å². The number of rotatable bonds is 5. The van der Waals surface area contributed by atoms with Crippen LogP contribution in [0.25, 0.3) is 0 Å². The molecule has 12 heteroatoms. The first kappa shape index (κ1) is 23.4. The average molecular weight is 463 g/mol. The third kappa shape index (κ3) is 7.82. The molecule has 0 radical (unpaired) electrons. The molecule has 9 nitrogen and oxygen atoms in total. The van der Waals surface area contributed by atoms with E-state index in [2.05, 4.69) is 20.1 Å². The Morgan fingerprint density at radius 3 is 2.41 bits per heavy atom. The van der Waals surface area contributed by atoms with Crippen molar-refractivity contribution in [3.05, 3.63) is 39.6 Å². The Labute approximate surface area is 181 Å². The molecule has 1 fully saturated rings. The fourth-order valence-electron chi connectivity index (χ4n) is 2.44. The first-order chi connectivity index (χ1) is 13.8. The maximum Gasteiger partial charge on any atom is 0.414 e. The van der Waals surface area contributed by atoms with Crippen LogP contribution in [0, 0.1) is 6.92 Å². The van der Waals surface area contributed by atoms with Gasteiger partial charge in [-0.05, 0) is 24.6 Å². The van der Waals surface area contributed by atoms with Crippen molar-refractivity contribution in [1.82, 2.24) is 20.1 Å². The zero-order valence-corrected chi connectivity index (χ0v) is 17.8. The minimum absolute atomic E-state index is 0.179. The summed E-state index contributed by atoms with van der Waals surface area (Å²) < 4.78 is 5.43. The molecule has 29 heavy (non-hydrogen) atoms. The Hall–Kier alpha value is -1.85. The second-order valence-corrected chi connectivity index (χ2v) is 7.99. The number of aliphatic carboxylic acids is 2. The summed E-state index contributed by atoms with van der Waals surface area (Å²) in [6, 6.07) is 5.79. The van der Waals surface area contributed by atoms with Crippen LogP contribution in [0.15, 0.2) is 23.4 Å². The number of nitrogens with zero attached hydrogens (tertiary/aromatic N) is 3. The minimum atomic E-state index is -1.82. The topological polar surface area (TPSA) is 129 Å². The number of aromatic amines is 1. The summed E-state index contributed by atoms with van der Waals surface area (Å²) in [5.41, 5.74) is 1.12. The van der Waals surface area contributed by atoms with Gasteiger partial charge in [-0.15, -0.1) is 5.10 Å². The van der Waals surface area contributed by atoms with Crippen LogP contribution in [0.4, 0.5) is 0 Å². The lowest BCUT2D eigenvalue weighted by atomic mass is 10.1. The first-order valence-corrected chi connectivity index (χ1v) is 10.2. The molecular formula is C17H20Cl2N4O5S. The molecule has 2 heterocycles. The zero-order chi connectivity index (χ0) is 21.4. The monoisotopic (exact) mass is 462 g/mol. The lowest BCUT2D eigenvalue weighted by Gasteiger charge is -2.30. The van der Waals surface area contributed by atoms with E-state index in [4.69, 9.17) is 47.7 Å². The van der Waals surface area contributed by atoms with E-state index in [0.717, 1.165) is 49.4 Å². The van der Waals surface area contributed by atoms with E-state index in [-0.39, 0.29) is 5.25 Å². The molecule has 3 N–H and O–H groups in total. The second kappa shape index (κ2) is 11.4. The molecule has 1 atom stereocenters. The SMILES string of the molecule is Cc1nc(SC(CN2CCOCC2)c2ccc(Cl)c(Cl)c2)n[nH]1.O=C(O)C(=O)O. The highest BCUT2D eigenvalue weighted by molar-refractivity contribution is 7.99. The third-order valence-corrected chi connectivity index (χ3v) is 5.69. The molecule has 1 aromatic carbocycles. The number of thioether (sulfide) groups is 1. The van der Waals surface area contributed by atoms with E-state index >= 15 is 0 Å². The quantitative estimate of drug-likeness (QED) is 0.453. The highest BCUT2D eigenvalue weighted by Gasteiger charge is 2.21. The van der Waals surface area contributed by atoms with Crippen molar-refractivity contribution in [1.29, 1.82) is 0 Å². The lowest BCUT2D eigenvalue weighted by molar-refractivity contribution is -0.159. The predicted molar refractivity (Wildman–Crippen MR) is 109 cm³/mol. The van der Waals surface area contributed by atoms with Crippen molar-refractivity contribution in [2.24, 2.45) is 0 Å². The molecule has 1 aromatic heterocycles. The van der Waals surface area contributed by atoms with Gasteiger partial charge in [0.15, 0.2) is 0 Å². The van der Waals surface area contributed by atoms with Gasteiger partial charge in [-0.25, -0.2) is 14.6 Å². The van der Waals surface area contributed by atoms with Crippen molar-refractivity contribution in [3.8, 4) is 0 Å². The average Bonchev–Trinajstić information content (AvgIpc) is 3.09. The predicted octanol–water partition coefficient (Wildman–Crippen LogP) is 2.74. The van der Waals surface area contributed by atoms with E-state index in [1.165, 1.54) is 0 Å². The summed E-state index contributed by atoms with van der Waals surface area (Å²) in [6.07, 6.45) is 0. The van der Waals surface area contributed by atoms with Gasteiger partial charge in [0, 0.05) is 19.6 Å². The van der Waals surface area contributed by atoms with Gasteiger partial charge >= 0.3 is 11.9 Å². The molecular weight excluding hydrogens is 443 g/mol. The molecule has 0 amide bonds. The Morgan fingerprint density at radius 1 is 1.24 bits per heavy atom. The fourth-order valence-corrected chi connectivity index (χ4v) is 3.86. The van der Waals surface area contributed by atoms with Gasteiger partial charge in [-0.2, -0.15) is 0 Å². The number of hydrogen-bond donors (Lipinski definition) is 3. The molecule has 0 bridgehead atoms. The smallest absolute Gasteiger partial charge is 0.414 e. The number of carboxylic acid groups (broad SMARTS) is 2. The Bertz CT molecular complexity index is 833. The number of halogens is 2. The van der Waals surface area contributed by atoms with Crippen LogP contribution in [0.2, 0.25) is 10.0 Å². The molecule has 2 aromatic rings. The van der Waals surface area contributed by atoms with Gasteiger partial charge in [0.2, 0.25) is 5.16 Å². The summed E-state index contributed by atoms with van der Waals surface area (Å²) in [7, 11) is 0. The van der Waals surface area contributed by atoms with Crippen LogP contribution >= 0.6 is 35.0 Å². The number of morpholine rings is 1. The highest BCUT2D eigenvalue weighted by atomic mass is 35.5. The van der Waals surface area contributed by atoms with Gasteiger partial charge < -0.3 is 14.9 Å². The maximum absolute atomic E-state index is 9.10. The number of aryl methyl sites for hydroxylation is 1. The largest absolute Gasteiger partial charge is 0.473 e. The van der Waals surface area contributed by atoms with E-state index in [0.29, 0.717) is 10.0 Å². The number of ether oxygens (including phenoxy) is 1. The number of carbonyl (C=O) groups is 2. The summed E-state index contributed by atoms with van der Waals surface area (Å²) in [5, 5.41) is 24.0. The summed E-state index contributed by atoms with van der Waals surface area (Å²) in [5.74, 6) is -2.84. The van der Waals surface area contributed by atoms with Crippen LogP contribution < -0.4 is 0 Å². The van der Waals surface area contributed by atoms with Gasteiger partial charge in [0.25, 0.3) is 0 Å². The normalized spacial score (nSPS) is 15.3. The van der Waals surface area contributed by atoms with E-state index < -0.39 is 11.9 Å². The Kier molecular flexibility index (Phi) is 9.18. The summed E-state index contributed by atoms with van der Waals surface area (Å²) in [4.78, 5) is 25.0. The highest BCUT2D eigenvalue weighted by Crippen LogP contribution is 2.36. The minimum Gasteiger partial charge on any atom is -0.473 e.